The van der Waals surface area contributed by atoms with Crippen LogP contribution in [0.1, 0.15) is 188 Å². The Balaban J connectivity index is 0.868. The highest BCUT2D eigenvalue weighted by molar-refractivity contribution is 8.24. The van der Waals surface area contributed by atoms with E-state index in [-0.39, 0.29) is 5.97 Å². The average Bonchev–Trinajstić information content (AvgIpc) is 3.68. The maximum absolute atomic E-state index is 11.2. The summed E-state index contributed by atoms with van der Waals surface area (Å²) in [6, 6.07) is 23.2. The number of allylic oxidation sites excluding steroid dienone is 1. The number of hydrogen-bond donors (Lipinski definition) is 0. The SMILES string of the molecule is C=CC(=O)OCCCCCCOc1ccc(C2CCC(c3ccc(C4CCC(c5ccc(OCCCCCCC6CCC6)cc5)CC4)c4c3S/C(=C/C(C)C)S4)CC2)cc1. The number of fused-ring (bicyclic) bond motifs is 1. The van der Waals surface area contributed by atoms with E-state index >= 15 is 0 Å². The van der Waals surface area contributed by atoms with Crippen LogP contribution in [0.25, 0.3) is 0 Å². The van der Waals surface area contributed by atoms with Crippen LogP contribution in [0.2, 0.25) is 0 Å². The van der Waals surface area contributed by atoms with Crippen molar-refractivity contribution in [2.75, 3.05) is 19.8 Å². The molecule has 0 unspecified atom stereocenters. The zero-order valence-electron chi connectivity index (χ0n) is 36.8. The van der Waals surface area contributed by atoms with Crippen molar-refractivity contribution in [3.63, 3.8) is 0 Å². The molecule has 4 aliphatic rings. The first kappa shape index (κ1) is 44.9. The van der Waals surface area contributed by atoms with Crippen LogP contribution >= 0.6 is 23.5 Å². The summed E-state index contributed by atoms with van der Waals surface area (Å²) < 4.78 is 18.7. The van der Waals surface area contributed by atoms with Crippen LogP contribution in [0.3, 0.4) is 0 Å². The Bertz CT molecular complexity index is 1810. The maximum atomic E-state index is 11.2. The topological polar surface area (TPSA) is 44.8 Å². The molecule has 6 heteroatoms. The normalized spacial score (nSPS) is 22.4. The van der Waals surface area contributed by atoms with Crippen molar-refractivity contribution >= 4 is 29.5 Å². The fourth-order valence-corrected chi connectivity index (χ4v) is 13.1. The summed E-state index contributed by atoms with van der Waals surface area (Å²) in [6.45, 7) is 10.1. The highest BCUT2D eigenvalue weighted by Gasteiger charge is 2.33. The van der Waals surface area contributed by atoms with Crippen molar-refractivity contribution in [3.8, 4) is 11.5 Å². The van der Waals surface area contributed by atoms with Gasteiger partial charge in [-0.05, 0) is 165 Å². The number of ether oxygens (including phenoxy) is 3. The Hall–Kier alpha value is -3.09. The van der Waals surface area contributed by atoms with Crippen molar-refractivity contribution in [2.24, 2.45) is 11.8 Å². The lowest BCUT2D eigenvalue weighted by molar-refractivity contribution is -0.137. The Morgan fingerprint density at radius 1 is 0.600 bits per heavy atom. The molecule has 3 fully saturated rings. The molecule has 60 heavy (non-hydrogen) atoms. The van der Waals surface area contributed by atoms with Crippen molar-refractivity contribution < 1.29 is 19.0 Å². The molecule has 3 aromatic rings. The van der Waals surface area contributed by atoms with E-state index < -0.39 is 0 Å². The van der Waals surface area contributed by atoms with Gasteiger partial charge in [0.05, 0.1) is 19.8 Å². The minimum absolute atomic E-state index is 0.341. The molecular formula is C54H72O4S2. The summed E-state index contributed by atoms with van der Waals surface area (Å²) in [5.41, 5.74) is 6.18. The molecule has 7 rings (SSSR count). The van der Waals surface area contributed by atoms with Gasteiger partial charge in [0.15, 0.2) is 0 Å². The summed E-state index contributed by atoms with van der Waals surface area (Å²) in [5, 5.41) is 0. The van der Waals surface area contributed by atoms with Crippen LogP contribution in [0.4, 0.5) is 0 Å². The number of unbranched alkanes of at least 4 members (excludes halogenated alkanes) is 6. The molecule has 0 N–H and O–H groups in total. The third kappa shape index (κ3) is 13.0. The number of carbonyl (C=O) groups is 1. The van der Waals surface area contributed by atoms with Gasteiger partial charge < -0.3 is 14.2 Å². The van der Waals surface area contributed by atoms with E-state index in [2.05, 4.69) is 111 Å². The number of esters is 1. The lowest BCUT2D eigenvalue weighted by Crippen LogP contribution is -2.15. The van der Waals surface area contributed by atoms with E-state index in [0.717, 1.165) is 56.3 Å². The summed E-state index contributed by atoms with van der Waals surface area (Å²) >= 11 is 4.13. The van der Waals surface area contributed by atoms with Crippen molar-refractivity contribution in [1.29, 1.82) is 0 Å². The monoisotopic (exact) mass is 848 g/mol. The quantitative estimate of drug-likeness (QED) is 0.0570. The summed E-state index contributed by atoms with van der Waals surface area (Å²) in [4.78, 5) is 14.3. The fraction of sp³-hybridized carbons (Fsp3) is 0.574. The van der Waals surface area contributed by atoms with Crippen LogP contribution in [-0.4, -0.2) is 25.8 Å². The molecule has 0 atom stereocenters. The molecule has 4 nitrogen and oxygen atoms in total. The highest BCUT2D eigenvalue weighted by atomic mass is 32.2. The fourth-order valence-electron chi connectivity index (χ4n) is 10.00. The predicted octanol–water partition coefficient (Wildman–Crippen LogP) is 16.1. The molecule has 1 heterocycles. The number of thioether (sulfide) groups is 2. The zero-order valence-corrected chi connectivity index (χ0v) is 38.4. The van der Waals surface area contributed by atoms with Crippen molar-refractivity contribution in [2.45, 2.75) is 176 Å². The van der Waals surface area contributed by atoms with Gasteiger partial charge in [-0.15, -0.1) is 0 Å². The predicted molar refractivity (Wildman–Crippen MR) is 253 cm³/mol. The molecule has 0 amide bonds. The van der Waals surface area contributed by atoms with E-state index in [0.29, 0.717) is 36.2 Å². The second-order valence-electron chi connectivity index (χ2n) is 18.6. The molecule has 0 spiro atoms. The molecule has 0 radical (unpaired) electrons. The summed E-state index contributed by atoms with van der Waals surface area (Å²) in [5.74, 6) is 5.81. The maximum Gasteiger partial charge on any atom is 0.330 e. The van der Waals surface area contributed by atoms with E-state index in [1.807, 2.05) is 0 Å². The van der Waals surface area contributed by atoms with Gasteiger partial charge in [-0.1, -0.05) is 131 Å². The number of rotatable bonds is 22. The Morgan fingerprint density at radius 2 is 1.05 bits per heavy atom. The Labute approximate surface area is 371 Å². The van der Waals surface area contributed by atoms with E-state index in [1.54, 1.807) is 20.9 Å². The van der Waals surface area contributed by atoms with Crippen molar-refractivity contribution in [1.82, 2.24) is 0 Å². The van der Waals surface area contributed by atoms with Gasteiger partial charge in [0.1, 0.15) is 11.5 Å². The summed E-state index contributed by atoms with van der Waals surface area (Å²) in [6.07, 6.45) is 28.9. The van der Waals surface area contributed by atoms with Crippen LogP contribution < -0.4 is 9.47 Å². The molecule has 3 saturated carbocycles. The van der Waals surface area contributed by atoms with Gasteiger partial charge in [0.2, 0.25) is 0 Å². The number of benzene rings is 3. The molecule has 324 valence electrons. The van der Waals surface area contributed by atoms with Crippen LogP contribution in [-0.2, 0) is 9.53 Å². The van der Waals surface area contributed by atoms with Crippen molar-refractivity contribution in [3.05, 3.63) is 106 Å². The van der Waals surface area contributed by atoms with Gasteiger partial charge in [-0.25, -0.2) is 4.79 Å². The van der Waals surface area contributed by atoms with Gasteiger partial charge in [-0.3, -0.25) is 0 Å². The Morgan fingerprint density at radius 3 is 1.48 bits per heavy atom. The average molecular weight is 849 g/mol. The van der Waals surface area contributed by atoms with Gasteiger partial charge in [-0.2, -0.15) is 0 Å². The minimum Gasteiger partial charge on any atom is -0.494 e. The third-order valence-electron chi connectivity index (χ3n) is 13.8. The second kappa shape index (κ2) is 23.4. The molecule has 0 aromatic heterocycles. The van der Waals surface area contributed by atoms with Crippen LogP contribution in [0, 0.1) is 11.8 Å². The third-order valence-corrected chi connectivity index (χ3v) is 16.4. The lowest BCUT2D eigenvalue weighted by Gasteiger charge is -2.32. The number of hydrogen-bond acceptors (Lipinski definition) is 6. The van der Waals surface area contributed by atoms with Gasteiger partial charge >= 0.3 is 5.97 Å². The van der Waals surface area contributed by atoms with E-state index in [9.17, 15) is 4.79 Å². The highest BCUT2D eigenvalue weighted by Crippen LogP contribution is 2.59. The molecule has 1 aliphatic heterocycles. The smallest absolute Gasteiger partial charge is 0.330 e. The second-order valence-corrected chi connectivity index (χ2v) is 20.9. The number of carbonyl (C=O) groups excluding carboxylic acids is 1. The summed E-state index contributed by atoms with van der Waals surface area (Å²) in [7, 11) is 0. The van der Waals surface area contributed by atoms with Gasteiger partial charge in [0, 0.05) is 20.1 Å². The zero-order chi connectivity index (χ0) is 41.5. The molecular weight excluding hydrogens is 777 g/mol. The van der Waals surface area contributed by atoms with E-state index in [4.69, 9.17) is 14.2 Å². The minimum atomic E-state index is -0.341. The Kier molecular flexibility index (Phi) is 17.5. The van der Waals surface area contributed by atoms with Gasteiger partial charge in [0.25, 0.3) is 0 Å². The molecule has 3 aromatic carbocycles. The molecule has 0 bridgehead atoms. The van der Waals surface area contributed by atoms with Crippen LogP contribution in [0.5, 0.6) is 11.5 Å². The van der Waals surface area contributed by atoms with E-state index in [1.165, 1.54) is 124 Å². The lowest BCUT2D eigenvalue weighted by atomic mass is 9.74. The first-order valence-corrected chi connectivity index (χ1v) is 25.6. The molecule has 3 aliphatic carbocycles. The largest absolute Gasteiger partial charge is 0.494 e. The van der Waals surface area contributed by atoms with Crippen LogP contribution in [0.15, 0.2) is 93.4 Å². The standard InChI is InChI=1S/C54H72O4S2/c1-4-51(55)58-37-12-8-7-11-36-57-48-31-27-44(28-32-48)42-19-23-46(24-20-42)50-34-33-49(53-54(50)60-52(59-53)38-39(2)3)45-21-17-41(18-22-45)43-25-29-47(30-26-43)56-35-10-6-5-9-14-40-15-13-16-40/h4,25-34,38-42,45-46H,1,5-24,35-37H2,2-3H3/b52-38+. The molecule has 0 saturated heterocycles. The first-order valence-electron chi connectivity index (χ1n) is 23.9. The first-order chi connectivity index (χ1) is 29.4.